The molecule has 0 saturated carbocycles. The second kappa shape index (κ2) is 4.69. The molecule has 1 atom stereocenters. The Labute approximate surface area is 119 Å². The number of ketones is 1. The largest absolute Gasteiger partial charge is 0.501 e. The SMILES string of the molecule is CC1(c2c(F)cccc2F)OC(NS(C)(=O)=O)=C(O)C1=O. The number of Topliss-reactive ketones (excluding diaryl/α,β-unsaturated/α-hetero) is 1. The number of halogens is 2. The highest BCUT2D eigenvalue weighted by atomic mass is 32.2. The number of aliphatic hydroxyl groups excluding tert-OH is 1. The Morgan fingerprint density at radius 1 is 1.29 bits per heavy atom. The summed E-state index contributed by atoms with van der Waals surface area (Å²) in [7, 11) is -3.85. The van der Waals surface area contributed by atoms with Gasteiger partial charge in [0.15, 0.2) is 0 Å². The van der Waals surface area contributed by atoms with Crippen molar-refractivity contribution in [2.24, 2.45) is 0 Å². The van der Waals surface area contributed by atoms with Gasteiger partial charge in [-0.2, -0.15) is 0 Å². The van der Waals surface area contributed by atoms with Crippen molar-refractivity contribution in [3.8, 4) is 0 Å². The lowest BCUT2D eigenvalue weighted by molar-refractivity contribution is -0.132. The van der Waals surface area contributed by atoms with E-state index in [0.29, 0.717) is 0 Å². The molecule has 1 unspecified atom stereocenters. The van der Waals surface area contributed by atoms with E-state index < -0.39 is 50.2 Å². The highest BCUT2D eigenvalue weighted by Crippen LogP contribution is 2.39. The fourth-order valence-electron chi connectivity index (χ4n) is 1.98. The zero-order valence-corrected chi connectivity index (χ0v) is 11.8. The number of carbonyl (C=O) groups is 1. The molecule has 114 valence electrons. The molecule has 2 N–H and O–H groups in total. The van der Waals surface area contributed by atoms with E-state index in [4.69, 9.17) is 4.74 Å². The topological polar surface area (TPSA) is 92.7 Å². The molecule has 0 spiro atoms. The first-order valence-electron chi connectivity index (χ1n) is 5.65. The van der Waals surface area contributed by atoms with Crippen LogP contribution in [-0.4, -0.2) is 25.6 Å². The number of benzene rings is 1. The van der Waals surface area contributed by atoms with Gasteiger partial charge in [-0.1, -0.05) is 6.07 Å². The molecule has 0 bridgehead atoms. The molecular weight excluding hydrogens is 308 g/mol. The van der Waals surface area contributed by atoms with Crippen LogP contribution in [0.15, 0.2) is 29.8 Å². The molecule has 1 aliphatic heterocycles. The molecular formula is C12H11F2NO5S. The number of ether oxygens (including phenoxy) is 1. The van der Waals surface area contributed by atoms with Crippen LogP contribution in [0.2, 0.25) is 0 Å². The van der Waals surface area contributed by atoms with Crippen LogP contribution in [0.25, 0.3) is 0 Å². The predicted molar refractivity (Wildman–Crippen MR) is 67.4 cm³/mol. The molecule has 0 aliphatic carbocycles. The van der Waals surface area contributed by atoms with E-state index in [0.717, 1.165) is 31.4 Å². The first-order valence-corrected chi connectivity index (χ1v) is 7.55. The summed E-state index contributed by atoms with van der Waals surface area (Å²) in [4.78, 5) is 12.0. The number of nitrogens with one attached hydrogen (secondary N) is 1. The number of hydrogen-bond acceptors (Lipinski definition) is 5. The molecule has 1 heterocycles. The summed E-state index contributed by atoms with van der Waals surface area (Å²) in [6.07, 6.45) is 0.764. The van der Waals surface area contributed by atoms with Crippen molar-refractivity contribution in [2.75, 3.05) is 6.26 Å². The summed E-state index contributed by atoms with van der Waals surface area (Å²) in [6.45, 7) is 1.03. The Bertz CT molecular complexity index is 739. The van der Waals surface area contributed by atoms with Gasteiger partial charge in [-0.3, -0.25) is 9.52 Å². The lowest BCUT2D eigenvalue weighted by atomic mass is 9.90. The fraction of sp³-hybridized carbons (Fsp3) is 0.250. The predicted octanol–water partition coefficient (Wildman–Crippen LogP) is 1.06. The van der Waals surface area contributed by atoms with E-state index in [1.807, 2.05) is 0 Å². The van der Waals surface area contributed by atoms with E-state index in [2.05, 4.69) is 0 Å². The second-order valence-electron chi connectivity index (χ2n) is 4.61. The minimum atomic E-state index is -3.85. The fourth-order valence-corrected chi connectivity index (χ4v) is 2.46. The van der Waals surface area contributed by atoms with Gasteiger partial charge in [0.05, 0.1) is 11.8 Å². The summed E-state index contributed by atoms with van der Waals surface area (Å²) >= 11 is 0. The minimum Gasteiger partial charge on any atom is -0.501 e. The molecule has 6 nitrogen and oxygen atoms in total. The minimum absolute atomic E-state index is 0.716. The van der Waals surface area contributed by atoms with Gasteiger partial charge < -0.3 is 9.84 Å². The van der Waals surface area contributed by atoms with Crippen molar-refractivity contribution in [3.05, 3.63) is 47.0 Å². The van der Waals surface area contributed by atoms with Crippen LogP contribution in [0.5, 0.6) is 0 Å². The Morgan fingerprint density at radius 3 is 2.29 bits per heavy atom. The van der Waals surface area contributed by atoms with E-state index in [-0.39, 0.29) is 0 Å². The second-order valence-corrected chi connectivity index (χ2v) is 6.36. The Kier molecular flexibility index (Phi) is 3.40. The molecule has 0 fully saturated rings. The zero-order valence-electron chi connectivity index (χ0n) is 11.0. The Hall–Kier alpha value is -2.16. The molecule has 1 aromatic carbocycles. The van der Waals surface area contributed by atoms with Gasteiger partial charge in [0.1, 0.15) is 11.6 Å². The van der Waals surface area contributed by atoms with Crippen LogP contribution in [0, 0.1) is 11.6 Å². The van der Waals surface area contributed by atoms with Gasteiger partial charge in [-0.05, 0) is 19.1 Å². The highest BCUT2D eigenvalue weighted by Gasteiger charge is 2.51. The van der Waals surface area contributed by atoms with Crippen molar-refractivity contribution < 1.29 is 31.8 Å². The summed E-state index contributed by atoms with van der Waals surface area (Å²) in [5.41, 5.74) is -2.92. The average Bonchev–Trinajstić information content (AvgIpc) is 2.52. The number of rotatable bonds is 3. The van der Waals surface area contributed by atoms with Crippen molar-refractivity contribution in [1.29, 1.82) is 0 Å². The van der Waals surface area contributed by atoms with Crippen LogP contribution in [-0.2, 0) is 25.2 Å². The molecule has 1 aromatic rings. The molecule has 0 saturated heterocycles. The van der Waals surface area contributed by atoms with Crippen molar-refractivity contribution in [2.45, 2.75) is 12.5 Å². The molecule has 21 heavy (non-hydrogen) atoms. The van der Waals surface area contributed by atoms with Gasteiger partial charge >= 0.3 is 0 Å². The van der Waals surface area contributed by atoms with E-state index >= 15 is 0 Å². The zero-order chi connectivity index (χ0) is 16.0. The quantitative estimate of drug-likeness (QED) is 0.869. The summed E-state index contributed by atoms with van der Waals surface area (Å²) in [5.74, 6) is -5.09. The van der Waals surface area contributed by atoms with Gasteiger partial charge in [0.25, 0.3) is 5.78 Å². The molecule has 0 amide bonds. The highest BCUT2D eigenvalue weighted by molar-refractivity contribution is 7.88. The number of sulfonamides is 1. The molecule has 0 aromatic heterocycles. The average molecular weight is 319 g/mol. The van der Waals surface area contributed by atoms with Gasteiger partial charge in [-0.25, -0.2) is 17.2 Å². The van der Waals surface area contributed by atoms with Crippen LogP contribution >= 0.6 is 0 Å². The van der Waals surface area contributed by atoms with Gasteiger partial charge in [-0.15, -0.1) is 0 Å². The monoisotopic (exact) mass is 319 g/mol. The lowest BCUT2D eigenvalue weighted by Crippen LogP contribution is -2.34. The third kappa shape index (κ3) is 2.56. The van der Waals surface area contributed by atoms with Gasteiger partial charge in [0.2, 0.25) is 27.3 Å². The molecule has 9 heteroatoms. The maximum atomic E-state index is 13.8. The van der Waals surface area contributed by atoms with E-state index in [1.54, 1.807) is 4.72 Å². The van der Waals surface area contributed by atoms with Gasteiger partial charge in [0, 0.05) is 0 Å². The van der Waals surface area contributed by atoms with Crippen LogP contribution in [0.3, 0.4) is 0 Å². The van der Waals surface area contributed by atoms with E-state index in [1.165, 1.54) is 0 Å². The normalized spacial score (nSPS) is 22.4. The van der Waals surface area contributed by atoms with E-state index in [9.17, 15) is 27.1 Å². The maximum Gasteiger partial charge on any atom is 0.250 e. The third-order valence-corrected chi connectivity index (χ3v) is 3.44. The number of aliphatic hydroxyl groups is 1. The third-order valence-electron chi connectivity index (χ3n) is 2.89. The first kappa shape index (κ1) is 15.2. The molecule has 1 aliphatic rings. The lowest BCUT2D eigenvalue weighted by Gasteiger charge is -2.24. The Balaban J connectivity index is 2.51. The summed E-state index contributed by atoms with van der Waals surface area (Å²) < 4.78 is 56.6. The van der Waals surface area contributed by atoms with Crippen molar-refractivity contribution in [1.82, 2.24) is 4.72 Å². The maximum absolute atomic E-state index is 13.8. The number of carbonyl (C=O) groups excluding carboxylic acids is 1. The van der Waals surface area contributed by atoms with Crippen molar-refractivity contribution >= 4 is 15.8 Å². The number of hydrogen-bond donors (Lipinski definition) is 2. The Morgan fingerprint density at radius 2 is 1.81 bits per heavy atom. The first-order chi connectivity index (χ1) is 9.56. The molecule has 0 radical (unpaired) electrons. The molecule has 2 rings (SSSR count). The van der Waals surface area contributed by atoms with Crippen LogP contribution < -0.4 is 4.72 Å². The van der Waals surface area contributed by atoms with Crippen molar-refractivity contribution in [3.63, 3.8) is 0 Å². The smallest absolute Gasteiger partial charge is 0.250 e. The van der Waals surface area contributed by atoms with Crippen LogP contribution in [0.4, 0.5) is 8.78 Å². The standard InChI is InChI=1S/C12H11F2NO5S/c1-12(8-6(13)4-3-5-7(8)14)10(17)9(16)11(20-12)15-21(2,18)19/h3-5,15-16H,1-2H3. The van der Waals surface area contributed by atoms with Crippen LogP contribution in [0.1, 0.15) is 12.5 Å². The summed E-state index contributed by atoms with van der Waals surface area (Å²) in [6, 6.07) is 2.93. The summed E-state index contributed by atoms with van der Waals surface area (Å²) in [5, 5.41) is 9.63.